The summed E-state index contributed by atoms with van der Waals surface area (Å²) in [5, 5.41) is 2.68. The Balaban J connectivity index is 1.46. The van der Waals surface area contributed by atoms with Crippen molar-refractivity contribution in [1.82, 2.24) is 29.7 Å². The molecule has 4 rings (SSSR count). The van der Waals surface area contributed by atoms with Crippen molar-refractivity contribution in [3.05, 3.63) is 40.4 Å². The summed E-state index contributed by atoms with van der Waals surface area (Å²) in [7, 11) is 0. The van der Waals surface area contributed by atoms with Gasteiger partial charge in [-0.3, -0.25) is 9.59 Å². The Labute approximate surface area is 201 Å². The summed E-state index contributed by atoms with van der Waals surface area (Å²) in [6.07, 6.45) is 1.09. The van der Waals surface area contributed by atoms with Gasteiger partial charge in [-0.1, -0.05) is 17.7 Å². The predicted molar refractivity (Wildman–Crippen MR) is 128 cm³/mol. The molecule has 12 heteroatoms. The van der Waals surface area contributed by atoms with Gasteiger partial charge in [0.2, 0.25) is 5.91 Å². The molecule has 0 aliphatic carbocycles. The van der Waals surface area contributed by atoms with E-state index in [1.165, 1.54) is 0 Å². The first-order valence-electron chi connectivity index (χ1n) is 11.1. The highest BCUT2D eigenvalue weighted by molar-refractivity contribution is 6.31. The zero-order chi connectivity index (χ0) is 24.2. The summed E-state index contributed by atoms with van der Waals surface area (Å²) in [5.74, 6) is 0.163. The van der Waals surface area contributed by atoms with Crippen LogP contribution in [-0.2, 0) is 29.0 Å². The van der Waals surface area contributed by atoms with Crippen LogP contribution in [0.15, 0.2) is 18.2 Å². The van der Waals surface area contributed by atoms with Crippen LogP contribution in [0, 0.1) is 0 Å². The normalized spacial score (nSPS) is 13.9. The van der Waals surface area contributed by atoms with E-state index < -0.39 is 5.91 Å². The number of nitrogen functional groups attached to an aromatic ring is 2. The van der Waals surface area contributed by atoms with Gasteiger partial charge in [0, 0.05) is 26.1 Å². The summed E-state index contributed by atoms with van der Waals surface area (Å²) in [4.78, 5) is 39.3. The highest BCUT2D eigenvalue weighted by atomic mass is 35.5. The van der Waals surface area contributed by atoms with Gasteiger partial charge < -0.3 is 31.0 Å². The van der Waals surface area contributed by atoms with E-state index in [1.807, 2.05) is 34.6 Å². The fourth-order valence-electron chi connectivity index (χ4n) is 3.94. The number of fused-ring (bicyclic) bond motifs is 1. The number of halogens is 1. The van der Waals surface area contributed by atoms with Crippen molar-refractivity contribution < 1.29 is 14.3 Å². The molecule has 2 aromatic heterocycles. The van der Waals surface area contributed by atoms with Crippen LogP contribution in [0.3, 0.4) is 0 Å². The summed E-state index contributed by atoms with van der Waals surface area (Å²) >= 11 is 5.87. The minimum absolute atomic E-state index is 0.0362. The number of morpholine rings is 1. The van der Waals surface area contributed by atoms with E-state index in [4.69, 9.17) is 27.8 Å². The Morgan fingerprint density at radius 3 is 2.65 bits per heavy atom. The topological polar surface area (TPSA) is 154 Å². The number of carbonyl (C=O) groups is 2. The molecule has 3 aromatic rings. The number of rotatable bonds is 7. The number of amides is 2. The van der Waals surface area contributed by atoms with E-state index in [1.54, 1.807) is 0 Å². The number of ether oxygens (including phenoxy) is 1. The molecule has 11 nitrogen and oxygen atoms in total. The van der Waals surface area contributed by atoms with Crippen LogP contribution in [-0.4, -0.2) is 62.5 Å². The van der Waals surface area contributed by atoms with Gasteiger partial charge >= 0.3 is 0 Å². The van der Waals surface area contributed by atoms with Crippen LogP contribution in [0.4, 0.5) is 11.6 Å². The van der Waals surface area contributed by atoms with Crippen LogP contribution < -0.4 is 16.8 Å². The zero-order valence-electron chi connectivity index (χ0n) is 18.9. The second-order valence-electron chi connectivity index (χ2n) is 7.90. The summed E-state index contributed by atoms with van der Waals surface area (Å²) in [6, 6.07) is 5.97. The van der Waals surface area contributed by atoms with E-state index in [0.717, 1.165) is 16.6 Å². The number of aromatic nitrogens is 4. The lowest BCUT2D eigenvalue weighted by Crippen LogP contribution is -2.40. The van der Waals surface area contributed by atoms with Crippen molar-refractivity contribution in [3.63, 3.8) is 0 Å². The van der Waals surface area contributed by atoms with E-state index in [-0.39, 0.29) is 34.9 Å². The molecule has 0 radical (unpaired) electrons. The summed E-state index contributed by atoms with van der Waals surface area (Å²) < 4.78 is 7.33. The first kappa shape index (κ1) is 23.7. The molecular weight excluding hydrogens is 460 g/mol. The van der Waals surface area contributed by atoms with Crippen LogP contribution in [0.2, 0.25) is 5.15 Å². The van der Waals surface area contributed by atoms with E-state index in [0.29, 0.717) is 51.5 Å². The van der Waals surface area contributed by atoms with Crippen molar-refractivity contribution in [1.29, 1.82) is 0 Å². The molecule has 2 amide bonds. The number of imidazole rings is 1. The van der Waals surface area contributed by atoms with E-state index >= 15 is 0 Å². The molecule has 1 fully saturated rings. The van der Waals surface area contributed by atoms with E-state index in [9.17, 15) is 9.59 Å². The van der Waals surface area contributed by atoms with Crippen LogP contribution >= 0.6 is 11.6 Å². The first-order chi connectivity index (χ1) is 16.4. The number of nitrogens with two attached hydrogens (primary N) is 2. The SMILES string of the molecule is CCn1c(CNC(=O)c2nc(Cl)c(N)nc2N)nc2ccc(CCC(=O)N3CCOCC3)cc21. The maximum Gasteiger partial charge on any atom is 0.274 e. The summed E-state index contributed by atoms with van der Waals surface area (Å²) in [5.41, 5.74) is 14.0. The minimum Gasteiger partial charge on any atom is -0.382 e. The van der Waals surface area contributed by atoms with Gasteiger partial charge in [-0.2, -0.15) is 0 Å². The second-order valence-corrected chi connectivity index (χ2v) is 8.26. The molecule has 1 aliphatic heterocycles. The number of hydrogen-bond acceptors (Lipinski definition) is 8. The second kappa shape index (κ2) is 10.2. The molecule has 0 bridgehead atoms. The average molecular weight is 487 g/mol. The van der Waals surface area contributed by atoms with Crippen molar-refractivity contribution in [2.75, 3.05) is 37.8 Å². The highest BCUT2D eigenvalue weighted by Crippen LogP contribution is 2.21. The van der Waals surface area contributed by atoms with Crippen molar-refractivity contribution in [2.24, 2.45) is 0 Å². The third-order valence-electron chi connectivity index (χ3n) is 5.73. The molecule has 34 heavy (non-hydrogen) atoms. The van der Waals surface area contributed by atoms with Gasteiger partial charge in [-0.15, -0.1) is 0 Å². The van der Waals surface area contributed by atoms with Gasteiger partial charge in [0.15, 0.2) is 22.5 Å². The Hall–Kier alpha value is -3.44. The third kappa shape index (κ3) is 5.05. The number of nitrogens with one attached hydrogen (secondary N) is 1. The number of hydrogen-bond donors (Lipinski definition) is 3. The number of carbonyl (C=O) groups excluding carboxylic acids is 2. The quantitative estimate of drug-likeness (QED) is 0.452. The molecular formula is C22H27ClN8O3. The minimum atomic E-state index is -0.524. The molecule has 0 spiro atoms. The van der Waals surface area contributed by atoms with Gasteiger partial charge in [0.1, 0.15) is 5.82 Å². The molecule has 0 atom stereocenters. The van der Waals surface area contributed by atoms with Gasteiger partial charge in [0.25, 0.3) is 5.91 Å². The molecule has 1 aliphatic rings. The van der Waals surface area contributed by atoms with Gasteiger partial charge in [-0.05, 0) is 31.0 Å². The monoisotopic (exact) mass is 486 g/mol. The molecule has 1 aromatic carbocycles. The standard InChI is InChI=1S/C22H27ClN8O3/c1-2-31-15-11-13(4-6-17(32)30-7-9-34-10-8-30)3-5-14(15)27-16(31)12-26-22(33)18-20(24)29-21(25)19(23)28-18/h3,5,11H,2,4,6-10,12H2,1H3,(H,26,33)(H4,24,25,29). The van der Waals surface area contributed by atoms with Gasteiger partial charge in [0.05, 0.1) is 30.8 Å². The van der Waals surface area contributed by atoms with Gasteiger partial charge in [-0.25, -0.2) is 15.0 Å². The zero-order valence-corrected chi connectivity index (χ0v) is 19.6. The third-order valence-corrected chi connectivity index (χ3v) is 6.00. The fraction of sp³-hybridized carbons (Fsp3) is 0.409. The average Bonchev–Trinajstić information content (AvgIpc) is 3.20. The Bertz CT molecular complexity index is 1220. The predicted octanol–water partition coefficient (Wildman–Crippen LogP) is 1.39. The highest BCUT2D eigenvalue weighted by Gasteiger charge is 2.19. The van der Waals surface area contributed by atoms with Crippen LogP contribution in [0.25, 0.3) is 11.0 Å². The molecule has 1 saturated heterocycles. The molecule has 5 N–H and O–H groups in total. The van der Waals surface area contributed by atoms with Crippen molar-refractivity contribution in [2.45, 2.75) is 32.9 Å². The molecule has 180 valence electrons. The maximum atomic E-state index is 12.6. The molecule has 3 heterocycles. The lowest BCUT2D eigenvalue weighted by atomic mass is 10.1. The van der Waals surface area contributed by atoms with E-state index in [2.05, 4.69) is 20.3 Å². The Kier molecular flexibility index (Phi) is 7.13. The number of anilines is 2. The first-order valence-corrected chi connectivity index (χ1v) is 11.5. The number of benzene rings is 1. The Morgan fingerprint density at radius 1 is 1.15 bits per heavy atom. The van der Waals surface area contributed by atoms with Crippen LogP contribution in [0.5, 0.6) is 0 Å². The Morgan fingerprint density at radius 2 is 1.91 bits per heavy atom. The van der Waals surface area contributed by atoms with Crippen molar-refractivity contribution in [3.8, 4) is 0 Å². The lowest BCUT2D eigenvalue weighted by Gasteiger charge is -2.26. The smallest absolute Gasteiger partial charge is 0.274 e. The maximum absolute atomic E-state index is 12.6. The lowest BCUT2D eigenvalue weighted by molar-refractivity contribution is -0.135. The number of nitrogens with zero attached hydrogens (tertiary/aromatic N) is 5. The fourth-order valence-corrected chi connectivity index (χ4v) is 4.06. The molecule has 0 saturated carbocycles. The largest absolute Gasteiger partial charge is 0.382 e. The molecule has 0 unspecified atom stereocenters. The van der Waals surface area contributed by atoms with Crippen molar-refractivity contribution >= 4 is 46.1 Å². The summed E-state index contributed by atoms with van der Waals surface area (Å²) in [6.45, 7) is 5.31. The number of aryl methyl sites for hydroxylation is 2. The van der Waals surface area contributed by atoms with Crippen LogP contribution in [0.1, 0.15) is 35.2 Å².